The molecular formula is C14H21F3N4O. The molecule has 0 aliphatic carbocycles. The molecule has 2 heterocycles. The third-order valence-electron chi connectivity index (χ3n) is 3.65. The van der Waals surface area contributed by atoms with Crippen molar-refractivity contribution in [1.29, 1.82) is 0 Å². The van der Waals surface area contributed by atoms with Gasteiger partial charge in [0.1, 0.15) is 0 Å². The lowest BCUT2D eigenvalue weighted by Gasteiger charge is -2.29. The number of anilines is 1. The molecule has 22 heavy (non-hydrogen) atoms. The Labute approximate surface area is 127 Å². The normalized spacial score (nSPS) is 17.6. The quantitative estimate of drug-likeness (QED) is 0.838. The number of nitrogens with zero attached hydrogens (tertiary/aromatic N) is 3. The monoisotopic (exact) mass is 318 g/mol. The predicted octanol–water partition coefficient (Wildman–Crippen LogP) is 1.84. The lowest BCUT2D eigenvalue weighted by molar-refractivity contribution is -0.134. The van der Waals surface area contributed by atoms with Crippen molar-refractivity contribution >= 4 is 5.95 Å². The van der Waals surface area contributed by atoms with Crippen LogP contribution in [0.25, 0.3) is 0 Å². The molecule has 0 bridgehead atoms. The first-order valence-electron chi connectivity index (χ1n) is 7.45. The molecule has 0 amide bonds. The lowest BCUT2D eigenvalue weighted by Crippen LogP contribution is -2.38. The molecule has 1 aromatic heterocycles. The molecule has 8 heteroatoms. The van der Waals surface area contributed by atoms with Gasteiger partial charge in [-0.15, -0.1) is 0 Å². The Kier molecular flexibility index (Phi) is 5.96. The maximum Gasteiger partial charge on any atom is 0.389 e. The fraction of sp³-hybridized carbons (Fsp3) is 0.714. The van der Waals surface area contributed by atoms with Crippen molar-refractivity contribution in [2.24, 2.45) is 0 Å². The van der Waals surface area contributed by atoms with E-state index in [2.05, 4.69) is 20.2 Å². The second-order valence-electron chi connectivity index (χ2n) is 5.49. The number of hydrogen-bond acceptors (Lipinski definition) is 5. The Balaban J connectivity index is 1.73. The summed E-state index contributed by atoms with van der Waals surface area (Å²) in [7, 11) is 0. The minimum absolute atomic E-state index is 0.134. The van der Waals surface area contributed by atoms with Gasteiger partial charge in [-0.1, -0.05) is 0 Å². The Hall–Kier alpha value is -1.41. The van der Waals surface area contributed by atoms with E-state index in [4.69, 9.17) is 0 Å². The number of aromatic nitrogens is 2. The van der Waals surface area contributed by atoms with Crippen LogP contribution in [0.1, 0.15) is 25.0 Å². The van der Waals surface area contributed by atoms with Crippen molar-refractivity contribution in [3.8, 4) is 0 Å². The van der Waals surface area contributed by atoms with Crippen LogP contribution in [0.4, 0.5) is 19.1 Å². The lowest BCUT2D eigenvalue weighted by atomic mass is 10.1. The van der Waals surface area contributed by atoms with E-state index in [1.54, 1.807) is 0 Å². The van der Waals surface area contributed by atoms with Gasteiger partial charge in [0.2, 0.25) is 5.95 Å². The van der Waals surface area contributed by atoms with Crippen molar-refractivity contribution in [2.45, 2.75) is 38.0 Å². The zero-order valence-electron chi connectivity index (χ0n) is 12.3. The third kappa shape index (κ3) is 6.15. The molecule has 1 aliphatic heterocycles. The molecule has 2 rings (SSSR count). The average molecular weight is 318 g/mol. The zero-order chi connectivity index (χ0) is 16.0. The van der Waals surface area contributed by atoms with Crippen molar-refractivity contribution in [3.05, 3.63) is 18.0 Å². The number of aryl methyl sites for hydroxylation is 1. The topological polar surface area (TPSA) is 61.3 Å². The molecule has 0 unspecified atom stereocenters. The maximum atomic E-state index is 12.2. The van der Waals surface area contributed by atoms with Gasteiger partial charge in [-0.2, -0.15) is 13.2 Å². The smallest absolute Gasteiger partial charge is 0.389 e. The van der Waals surface area contributed by atoms with Crippen LogP contribution in [0.2, 0.25) is 0 Å². The minimum Gasteiger partial charge on any atom is -0.393 e. The van der Waals surface area contributed by atoms with Gasteiger partial charge in [0.25, 0.3) is 0 Å². The second-order valence-corrected chi connectivity index (χ2v) is 5.49. The molecule has 124 valence electrons. The summed E-state index contributed by atoms with van der Waals surface area (Å²) >= 11 is 0. The number of likely N-dealkylation sites (tertiary alicyclic amines) is 1. The molecule has 1 fully saturated rings. The van der Waals surface area contributed by atoms with Gasteiger partial charge in [0.15, 0.2) is 0 Å². The van der Waals surface area contributed by atoms with Crippen molar-refractivity contribution in [1.82, 2.24) is 14.9 Å². The minimum atomic E-state index is -4.17. The molecule has 1 saturated heterocycles. The number of piperidine rings is 1. The SMILES string of the molecule is OC1CCN(CCNc2nccc(CCC(F)(F)F)n2)CC1. The van der Waals surface area contributed by atoms with Crippen LogP contribution in [0.15, 0.2) is 12.3 Å². The van der Waals surface area contributed by atoms with Gasteiger partial charge in [-0.05, 0) is 25.3 Å². The van der Waals surface area contributed by atoms with Gasteiger partial charge in [-0.3, -0.25) is 0 Å². The molecule has 0 atom stereocenters. The van der Waals surface area contributed by atoms with Crippen LogP contribution in [-0.4, -0.2) is 58.4 Å². The van der Waals surface area contributed by atoms with Crippen LogP contribution in [0.3, 0.4) is 0 Å². The standard InChI is InChI=1S/C14H21F3N4O/c15-14(16,17)5-1-11-2-6-18-13(20-11)19-7-10-21-8-3-12(22)4-9-21/h2,6,12,22H,1,3-5,7-10H2,(H,18,19,20). The van der Waals surface area contributed by atoms with Gasteiger partial charge in [-0.25, -0.2) is 9.97 Å². The van der Waals surface area contributed by atoms with Gasteiger partial charge >= 0.3 is 6.18 Å². The number of halogens is 3. The van der Waals surface area contributed by atoms with E-state index >= 15 is 0 Å². The van der Waals surface area contributed by atoms with E-state index in [1.165, 1.54) is 12.3 Å². The second kappa shape index (κ2) is 7.73. The summed E-state index contributed by atoms with van der Waals surface area (Å²) in [6.07, 6.45) is -2.34. The first-order chi connectivity index (χ1) is 10.4. The fourth-order valence-electron chi connectivity index (χ4n) is 2.36. The molecule has 0 aromatic carbocycles. The summed E-state index contributed by atoms with van der Waals surface area (Å²) in [6.45, 7) is 3.13. The predicted molar refractivity (Wildman–Crippen MR) is 76.6 cm³/mol. The highest BCUT2D eigenvalue weighted by Crippen LogP contribution is 2.21. The number of aliphatic hydroxyl groups is 1. The van der Waals surface area contributed by atoms with Crippen LogP contribution in [-0.2, 0) is 6.42 Å². The van der Waals surface area contributed by atoms with E-state index in [1.807, 2.05) is 0 Å². The van der Waals surface area contributed by atoms with Crippen molar-refractivity contribution in [2.75, 3.05) is 31.5 Å². The van der Waals surface area contributed by atoms with E-state index in [9.17, 15) is 18.3 Å². The number of aliphatic hydroxyl groups excluding tert-OH is 1. The Morgan fingerprint density at radius 1 is 1.32 bits per heavy atom. The Morgan fingerprint density at radius 2 is 2.05 bits per heavy atom. The highest BCUT2D eigenvalue weighted by Gasteiger charge is 2.26. The molecule has 2 N–H and O–H groups in total. The Bertz CT molecular complexity index is 462. The van der Waals surface area contributed by atoms with Crippen LogP contribution >= 0.6 is 0 Å². The zero-order valence-corrected chi connectivity index (χ0v) is 12.3. The first-order valence-corrected chi connectivity index (χ1v) is 7.45. The highest BCUT2D eigenvalue weighted by molar-refractivity contribution is 5.25. The van der Waals surface area contributed by atoms with E-state index in [-0.39, 0.29) is 12.5 Å². The van der Waals surface area contributed by atoms with E-state index < -0.39 is 12.6 Å². The molecule has 0 radical (unpaired) electrons. The van der Waals surface area contributed by atoms with E-state index in [0.29, 0.717) is 18.2 Å². The summed E-state index contributed by atoms with van der Waals surface area (Å²) in [6, 6.07) is 1.50. The van der Waals surface area contributed by atoms with Crippen LogP contribution in [0, 0.1) is 0 Å². The summed E-state index contributed by atoms with van der Waals surface area (Å²) < 4.78 is 36.6. The number of hydrogen-bond donors (Lipinski definition) is 2. The van der Waals surface area contributed by atoms with E-state index in [0.717, 1.165) is 32.5 Å². The maximum absolute atomic E-state index is 12.2. The molecule has 0 spiro atoms. The summed E-state index contributed by atoms with van der Waals surface area (Å²) in [4.78, 5) is 10.3. The van der Waals surface area contributed by atoms with Crippen LogP contribution < -0.4 is 5.32 Å². The largest absolute Gasteiger partial charge is 0.393 e. The first kappa shape index (κ1) is 17.0. The van der Waals surface area contributed by atoms with Crippen molar-refractivity contribution < 1.29 is 18.3 Å². The Morgan fingerprint density at radius 3 is 2.73 bits per heavy atom. The number of alkyl halides is 3. The molecule has 1 aromatic rings. The summed E-state index contributed by atoms with van der Waals surface area (Å²) in [5, 5.41) is 12.5. The van der Waals surface area contributed by atoms with Crippen LogP contribution in [0.5, 0.6) is 0 Å². The molecule has 1 aliphatic rings. The highest BCUT2D eigenvalue weighted by atomic mass is 19.4. The molecule has 0 saturated carbocycles. The van der Waals surface area contributed by atoms with Gasteiger partial charge < -0.3 is 15.3 Å². The summed E-state index contributed by atoms with van der Waals surface area (Å²) in [5.74, 6) is 0.358. The van der Waals surface area contributed by atoms with Gasteiger partial charge in [0.05, 0.1) is 6.10 Å². The summed E-state index contributed by atoms with van der Waals surface area (Å²) in [5.41, 5.74) is 0.385. The number of rotatable bonds is 6. The van der Waals surface area contributed by atoms with Gasteiger partial charge in [0, 0.05) is 44.5 Å². The average Bonchev–Trinajstić information content (AvgIpc) is 2.47. The fourth-order valence-corrected chi connectivity index (χ4v) is 2.36. The molecular weight excluding hydrogens is 297 g/mol. The number of nitrogens with one attached hydrogen (secondary N) is 1. The van der Waals surface area contributed by atoms with Crippen molar-refractivity contribution in [3.63, 3.8) is 0 Å². The third-order valence-corrected chi connectivity index (χ3v) is 3.65. The molecule has 5 nitrogen and oxygen atoms in total.